The van der Waals surface area contributed by atoms with Crippen molar-refractivity contribution in [3.8, 4) is 0 Å². The third-order valence-corrected chi connectivity index (χ3v) is 2.62. The maximum Gasteiger partial charge on any atom is 0.337 e. The number of thioether (sulfide) groups is 1. The van der Waals surface area contributed by atoms with Gasteiger partial charge < -0.3 is 5.11 Å². The molecule has 0 fully saturated rings. The smallest absolute Gasteiger partial charge is 0.337 e. The van der Waals surface area contributed by atoms with Crippen LogP contribution in [0, 0.1) is 0 Å². The molecule has 0 aliphatic carbocycles. The van der Waals surface area contributed by atoms with Crippen LogP contribution in [0.25, 0.3) is 0 Å². The summed E-state index contributed by atoms with van der Waals surface area (Å²) in [6.45, 7) is 5.72. The van der Waals surface area contributed by atoms with Crippen LogP contribution < -0.4 is 0 Å². The lowest BCUT2D eigenvalue weighted by molar-refractivity contribution is 0.0696. The number of rotatable bonds is 4. The standard InChI is InChI=1S/C10H11NO2S/c1-7(2)6-14-9-4-3-8(5-11-9)10(12)13/h3-5H,1,6H2,2H3,(H,12,13). The molecule has 0 amide bonds. The largest absolute Gasteiger partial charge is 0.478 e. The molecule has 0 aromatic carbocycles. The molecule has 0 saturated carbocycles. The summed E-state index contributed by atoms with van der Waals surface area (Å²) in [4.78, 5) is 14.5. The minimum Gasteiger partial charge on any atom is -0.478 e. The molecule has 1 heterocycles. The van der Waals surface area contributed by atoms with E-state index in [0.717, 1.165) is 16.4 Å². The van der Waals surface area contributed by atoms with Gasteiger partial charge in [0.25, 0.3) is 0 Å². The second kappa shape index (κ2) is 4.81. The van der Waals surface area contributed by atoms with Crippen molar-refractivity contribution in [3.05, 3.63) is 36.0 Å². The van der Waals surface area contributed by atoms with Gasteiger partial charge in [-0.15, -0.1) is 11.8 Å². The van der Waals surface area contributed by atoms with Crippen LogP contribution in [-0.2, 0) is 0 Å². The Kier molecular flexibility index (Phi) is 3.71. The average molecular weight is 209 g/mol. The Morgan fingerprint density at radius 3 is 2.79 bits per heavy atom. The number of aromatic carboxylic acids is 1. The number of carbonyl (C=O) groups is 1. The van der Waals surface area contributed by atoms with Crippen LogP contribution in [0.15, 0.2) is 35.5 Å². The highest BCUT2D eigenvalue weighted by Crippen LogP contribution is 2.17. The summed E-state index contributed by atoms with van der Waals surface area (Å²) < 4.78 is 0. The van der Waals surface area contributed by atoms with Crippen molar-refractivity contribution in [2.24, 2.45) is 0 Å². The number of hydrogen-bond acceptors (Lipinski definition) is 3. The first-order chi connectivity index (χ1) is 6.59. The minimum atomic E-state index is -0.950. The van der Waals surface area contributed by atoms with E-state index >= 15 is 0 Å². The molecule has 0 aliphatic heterocycles. The molecule has 3 nitrogen and oxygen atoms in total. The zero-order chi connectivity index (χ0) is 10.6. The fraction of sp³-hybridized carbons (Fsp3) is 0.200. The number of pyridine rings is 1. The molecule has 1 aromatic heterocycles. The van der Waals surface area contributed by atoms with E-state index in [2.05, 4.69) is 11.6 Å². The Hall–Kier alpha value is -1.29. The van der Waals surface area contributed by atoms with E-state index < -0.39 is 5.97 Å². The normalized spacial score (nSPS) is 9.79. The Balaban J connectivity index is 2.64. The molecular formula is C10H11NO2S. The van der Waals surface area contributed by atoms with Crippen molar-refractivity contribution >= 4 is 17.7 Å². The summed E-state index contributed by atoms with van der Waals surface area (Å²) >= 11 is 1.55. The molecule has 0 unspecified atom stereocenters. The van der Waals surface area contributed by atoms with E-state index in [0.29, 0.717) is 0 Å². The van der Waals surface area contributed by atoms with Crippen molar-refractivity contribution in [1.29, 1.82) is 0 Å². The van der Waals surface area contributed by atoms with Crippen molar-refractivity contribution in [2.75, 3.05) is 5.75 Å². The van der Waals surface area contributed by atoms with Crippen LogP contribution in [0.1, 0.15) is 17.3 Å². The number of carboxylic acid groups (broad SMARTS) is 1. The Labute approximate surface area is 86.9 Å². The quantitative estimate of drug-likeness (QED) is 0.611. The van der Waals surface area contributed by atoms with Gasteiger partial charge in [0.2, 0.25) is 0 Å². The first kappa shape index (κ1) is 10.8. The minimum absolute atomic E-state index is 0.213. The number of nitrogens with zero attached hydrogens (tertiary/aromatic N) is 1. The fourth-order valence-corrected chi connectivity index (χ4v) is 1.48. The highest BCUT2D eigenvalue weighted by Gasteiger charge is 2.02. The predicted octanol–water partition coefficient (Wildman–Crippen LogP) is 2.45. The molecule has 1 aromatic rings. The van der Waals surface area contributed by atoms with Crippen LogP contribution in [0.3, 0.4) is 0 Å². The Morgan fingerprint density at radius 1 is 1.64 bits per heavy atom. The molecule has 1 N–H and O–H groups in total. The van der Waals surface area contributed by atoms with Crippen molar-refractivity contribution < 1.29 is 9.90 Å². The predicted molar refractivity (Wildman–Crippen MR) is 56.7 cm³/mol. The van der Waals surface area contributed by atoms with Crippen LogP contribution >= 0.6 is 11.8 Å². The molecule has 4 heteroatoms. The molecule has 74 valence electrons. The van der Waals surface area contributed by atoms with E-state index in [9.17, 15) is 4.79 Å². The van der Waals surface area contributed by atoms with Crippen LogP contribution in [0.4, 0.5) is 0 Å². The third kappa shape index (κ3) is 3.22. The molecule has 1 rings (SSSR count). The van der Waals surface area contributed by atoms with Crippen molar-refractivity contribution in [2.45, 2.75) is 11.9 Å². The number of aromatic nitrogens is 1. The maximum atomic E-state index is 10.5. The van der Waals surface area contributed by atoms with Gasteiger partial charge in [-0.1, -0.05) is 12.2 Å². The molecule has 14 heavy (non-hydrogen) atoms. The van der Waals surface area contributed by atoms with Crippen LogP contribution in [-0.4, -0.2) is 21.8 Å². The maximum absolute atomic E-state index is 10.5. The lowest BCUT2D eigenvalue weighted by Gasteiger charge is -2.00. The molecule has 0 radical (unpaired) electrons. The van der Waals surface area contributed by atoms with Crippen LogP contribution in [0.5, 0.6) is 0 Å². The van der Waals surface area contributed by atoms with E-state index in [4.69, 9.17) is 5.11 Å². The third-order valence-electron chi connectivity index (χ3n) is 1.45. The van der Waals surface area contributed by atoms with Gasteiger partial charge in [-0.05, 0) is 19.1 Å². The molecule has 0 atom stereocenters. The van der Waals surface area contributed by atoms with Gasteiger partial charge in [-0.3, -0.25) is 0 Å². The average Bonchev–Trinajstić information content (AvgIpc) is 2.15. The lowest BCUT2D eigenvalue weighted by Crippen LogP contribution is -1.96. The number of carboxylic acids is 1. The Bertz CT molecular complexity index is 346. The van der Waals surface area contributed by atoms with Gasteiger partial charge in [0.05, 0.1) is 10.6 Å². The summed E-state index contributed by atoms with van der Waals surface area (Å²) in [7, 11) is 0. The van der Waals surface area contributed by atoms with Gasteiger partial charge in [0.15, 0.2) is 0 Å². The monoisotopic (exact) mass is 209 g/mol. The first-order valence-electron chi connectivity index (χ1n) is 4.06. The van der Waals surface area contributed by atoms with Crippen molar-refractivity contribution in [3.63, 3.8) is 0 Å². The Morgan fingerprint density at radius 2 is 2.36 bits per heavy atom. The molecule has 0 saturated heterocycles. The second-order valence-corrected chi connectivity index (χ2v) is 3.93. The van der Waals surface area contributed by atoms with Gasteiger partial charge in [-0.2, -0.15) is 0 Å². The summed E-state index contributed by atoms with van der Waals surface area (Å²) in [5, 5.41) is 9.45. The zero-order valence-electron chi connectivity index (χ0n) is 7.86. The first-order valence-corrected chi connectivity index (χ1v) is 5.04. The molecular weight excluding hydrogens is 198 g/mol. The van der Waals surface area contributed by atoms with Gasteiger partial charge in [0, 0.05) is 11.9 Å². The van der Waals surface area contributed by atoms with E-state index in [1.54, 1.807) is 23.9 Å². The topological polar surface area (TPSA) is 50.2 Å². The molecule has 0 aliphatic rings. The molecule has 0 spiro atoms. The van der Waals surface area contributed by atoms with E-state index in [1.165, 1.54) is 6.20 Å². The van der Waals surface area contributed by atoms with Gasteiger partial charge >= 0.3 is 5.97 Å². The second-order valence-electron chi connectivity index (χ2n) is 2.94. The molecule has 0 bridgehead atoms. The SMILES string of the molecule is C=C(C)CSc1ccc(C(=O)O)cn1. The van der Waals surface area contributed by atoms with E-state index in [-0.39, 0.29) is 5.56 Å². The summed E-state index contributed by atoms with van der Waals surface area (Å²) in [5.74, 6) is -0.145. The highest BCUT2D eigenvalue weighted by molar-refractivity contribution is 7.99. The lowest BCUT2D eigenvalue weighted by atomic mass is 10.3. The fourth-order valence-electron chi connectivity index (χ4n) is 0.789. The number of hydrogen-bond donors (Lipinski definition) is 1. The van der Waals surface area contributed by atoms with Gasteiger partial charge in [-0.25, -0.2) is 9.78 Å². The van der Waals surface area contributed by atoms with E-state index in [1.807, 2.05) is 6.92 Å². The zero-order valence-corrected chi connectivity index (χ0v) is 8.67. The van der Waals surface area contributed by atoms with Gasteiger partial charge in [0.1, 0.15) is 0 Å². The summed E-state index contributed by atoms with van der Waals surface area (Å²) in [6.07, 6.45) is 1.36. The van der Waals surface area contributed by atoms with Crippen molar-refractivity contribution in [1.82, 2.24) is 4.98 Å². The van der Waals surface area contributed by atoms with Crippen LogP contribution in [0.2, 0.25) is 0 Å². The summed E-state index contributed by atoms with van der Waals surface area (Å²) in [5.41, 5.74) is 1.28. The highest BCUT2D eigenvalue weighted by atomic mass is 32.2. The summed E-state index contributed by atoms with van der Waals surface area (Å²) in [6, 6.07) is 3.26.